The van der Waals surface area contributed by atoms with Gasteiger partial charge in [0.1, 0.15) is 12.3 Å². The monoisotopic (exact) mass is 388 g/mol. The van der Waals surface area contributed by atoms with Gasteiger partial charge in [0.15, 0.2) is 0 Å². The number of azo groups is 1. The van der Waals surface area contributed by atoms with Crippen LogP contribution in [0.25, 0.3) is 0 Å². The second kappa shape index (κ2) is 7.92. The van der Waals surface area contributed by atoms with E-state index in [4.69, 9.17) is 9.62 Å². The van der Waals surface area contributed by atoms with Crippen molar-refractivity contribution in [3.05, 3.63) is 28.5 Å². The molecule has 4 rings (SSSR count). The molecule has 144 valence electrons. The van der Waals surface area contributed by atoms with Gasteiger partial charge in [-0.1, -0.05) is 11.3 Å². The highest BCUT2D eigenvalue weighted by Crippen LogP contribution is 2.42. The van der Waals surface area contributed by atoms with Gasteiger partial charge in [-0.25, -0.2) is 14.8 Å². The Bertz CT molecular complexity index is 863. The fourth-order valence-electron chi connectivity index (χ4n) is 3.93. The second-order valence-electron chi connectivity index (χ2n) is 6.76. The first kappa shape index (κ1) is 18.3. The van der Waals surface area contributed by atoms with E-state index in [1.165, 1.54) is 66.8 Å². The van der Waals surface area contributed by atoms with E-state index in [1.54, 1.807) is 7.11 Å². The van der Waals surface area contributed by atoms with Crippen LogP contribution >= 0.6 is 11.3 Å². The summed E-state index contributed by atoms with van der Waals surface area (Å²) in [4.78, 5) is 16.6. The van der Waals surface area contributed by atoms with E-state index < -0.39 is 0 Å². The zero-order chi connectivity index (χ0) is 18.8. The van der Waals surface area contributed by atoms with Crippen LogP contribution in [0.2, 0.25) is 0 Å². The van der Waals surface area contributed by atoms with Crippen LogP contribution < -0.4 is 9.64 Å². The predicted octanol–water partition coefficient (Wildman–Crippen LogP) is 4.65. The molecule has 0 atom stereocenters. The number of nitrogens with zero attached hydrogens (tertiary/aromatic N) is 4. The Kier molecular flexibility index (Phi) is 5.38. The molecule has 3 heterocycles. The smallest absolute Gasteiger partial charge is 0.233 e. The molecule has 1 aromatic carbocycles. The molecule has 0 saturated heterocycles. The quantitative estimate of drug-likeness (QED) is 0.409. The summed E-state index contributed by atoms with van der Waals surface area (Å²) in [6.45, 7) is 4.71. The van der Waals surface area contributed by atoms with Crippen molar-refractivity contribution in [2.24, 2.45) is 10.2 Å². The molecule has 0 bridgehead atoms. The normalized spacial score (nSPS) is 16.0. The maximum Gasteiger partial charge on any atom is 0.233 e. The fourth-order valence-corrected chi connectivity index (χ4v) is 4.64. The molecule has 0 unspecified atom stereocenters. The van der Waals surface area contributed by atoms with Crippen LogP contribution in [-0.4, -0.2) is 32.3 Å². The molecule has 0 amide bonds. The number of benzene rings is 1. The van der Waals surface area contributed by atoms with Gasteiger partial charge < -0.3 is 9.64 Å². The first-order valence-electron chi connectivity index (χ1n) is 9.22. The van der Waals surface area contributed by atoms with Crippen molar-refractivity contribution < 1.29 is 14.5 Å². The maximum atomic E-state index is 5.34. The SMILES string of the molecule is COOCc1nc(N=Nc2cc3c4c(c2C)CCCN4CCC3)sc1OC. The minimum atomic E-state index is 0.212. The minimum absolute atomic E-state index is 0.212. The summed E-state index contributed by atoms with van der Waals surface area (Å²) in [5, 5.41) is 10.1. The topological polar surface area (TPSA) is 68.5 Å². The van der Waals surface area contributed by atoms with Crippen molar-refractivity contribution in [2.75, 3.05) is 32.2 Å². The summed E-state index contributed by atoms with van der Waals surface area (Å²) < 4.78 is 5.34. The summed E-state index contributed by atoms with van der Waals surface area (Å²) in [7, 11) is 3.07. The number of methoxy groups -OCH3 is 1. The third-order valence-electron chi connectivity index (χ3n) is 5.18. The van der Waals surface area contributed by atoms with Gasteiger partial charge in [0, 0.05) is 18.8 Å². The highest BCUT2D eigenvalue weighted by Gasteiger charge is 2.26. The molecule has 0 fully saturated rings. The molecule has 0 aliphatic carbocycles. The molecule has 0 radical (unpaired) electrons. The number of anilines is 1. The molecule has 2 aromatic rings. The lowest BCUT2D eigenvalue weighted by Crippen LogP contribution is -2.34. The third kappa shape index (κ3) is 3.56. The molecule has 2 aliphatic rings. The van der Waals surface area contributed by atoms with Gasteiger partial charge in [0.05, 0.1) is 19.9 Å². The molecule has 1 aromatic heterocycles. The Morgan fingerprint density at radius 3 is 2.78 bits per heavy atom. The lowest BCUT2D eigenvalue weighted by Gasteiger charge is -2.37. The van der Waals surface area contributed by atoms with Crippen LogP contribution in [-0.2, 0) is 29.2 Å². The summed E-state index contributed by atoms with van der Waals surface area (Å²) in [6.07, 6.45) is 4.65. The van der Waals surface area contributed by atoms with Crippen molar-refractivity contribution in [3.63, 3.8) is 0 Å². The average molecular weight is 388 g/mol. The number of hydrogen-bond acceptors (Lipinski definition) is 8. The number of aromatic nitrogens is 1. The molecule has 0 N–H and O–H groups in total. The summed E-state index contributed by atoms with van der Waals surface area (Å²) in [6, 6.07) is 2.20. The average Bonchev–Trinajstić information content (AvgIpc) is 3.10. The van der Waals surface area contributed by atoms with E-state index in [-0.39, 0.29) is 6.61 Å². The predicted molar refractivity (Wildman–Crippen MR) is 105 cm³/mol. The van der Waals surface area contributed by atoms with E-state index in [0.29, 0.717) is 15.9 Å². The molecular formula is C19H24N4O3S. The molecule has 0 spiro atoms. The van der Waals surface area contributed by atoms with E-state index in [1.807, 2.05) is 0 Å². The molecular weight excluding hydrogens is 364 g/mol. The van der Waals surface area contributed by atoms with Crippen molar-refractivity contribution >= 4 is 27.8 Å². The third-order valence-corrected chi connectivity index (χ3v) is 6.12. The van der Waals surface area contributed by atoms with Gasteiger partial charge in [-0.15, -0.1) is 10.2 Å². The van der Waals surface area contributed by atoms with Crippen molar-refractivity contribution in [1.82, 2.24) is 4.98 Å². The van der Waals surface area contributed by atoms with Crippen LogP contribution in [0.3, 0.4) is 0 Å². The van der Waals surface area contributed by atoms with Gasteiger partial charge in [-0.2, -0.15) is 0 Å². The molecule has 7 nitrogen and oxygen atoms in total. The Labute approximate surface area is 162 Å². The highest BCUT2D eigenvalue weighted by atomic mass is 32.1. The zero-order valence-electron chi connectivity index (χ0n) is 15.9. The number of hydrogen-bond donors (Lipinski definition) is 0. The van der Waals surface area contributed by atoms with Crippen molar-refractivity contribution in [3.8, 4) is 5.06 Å². The number of aryl methyl sites for hydroxylation is 1. The Morgan fingerprint density at radius 1 is 1.19 bits per heavy atom. The van der Waals surface area contributed by atoms with Crippen LogP contribution in [0.5, 0.6) is 5.06 Å². The zero-order valence-corrected chi connectivity index (χ0v) is 16.8. The standard InChI is InChI=1S/C19H24N4O3S/c1-12-14-7-5-9-23-8-4-6-13(17(14)23)10-15(12)21-22-19-20-16(11-26-25-3)18(24-2)27-19/h10H,4-9,11H2,1-3H3. The second-order valence-corrected chi connectivity index (χ2v) is 7.70. The first-order chi connectivity index (χ1) is 13.2. The first-order valence-corrected chi connectivity index (χ1v) is 10.0. The van der Waals surface area contributed by atoms with Crippen molar-refractivity contribution in [2.45, 2.75) is 39.2 Å². The van der Waals surface area contributed by atoms with Crippen LogP contribution in [0, 0.1) is 6.92 Å². The van der Waals surface area contributed by atoms with Crippen LogP contribution in [0.4, 0.5) is 16.5 Å². The van der Waals surface area contributed by atoms with Crippen LogP contribution in [0.15, 0.2) is 16.3 Å². The highest BCUT2D eigenvalue weighted by molar-refractivity contribution is 7.17. The largest absolute Gasteiger partial charge is 0.486 e. The number of ether oxygens (including phenoxy) is 1. The van der Waals surface area contributed by atoms with E-state index >= 15 is 0 Å². The lowest BCUT2D eigenvalue weighted by molar-refractivity contribution is -0.282. The van der Waals surface area contributed by atoms with E-state index in [9.17, 15) is 0 Å². The Hall–Kier alpha value is -2.03. The van der Waals surface area contributed by atoms with Gasteiger partial charge in [-0.3, -0.25) is 0 Å². The number of thiazole rings is 1. The van der Waals surface area contributed by atoms with Crippen LogP contribution in [0.1, 0.15) is 35.2 Å². The van der Waals surface area contributed by atoms with Gasteiger partial charge >= 0.3 is 0 Å². The van der Waals surface area contributed by atoms with E-state index in [0.717, 1.165) is 18.5 Å². The summed E-state index contributed by atoms with van der Waals surface area (Å²) in [5.41, 5.74) is 7.14. The fraction of sp³-hybridized carbons (Fsp3) is 0.526. The summed E-state index contributed by atoms with van der Waals surface area (Å²) in [5.74, 6) is 0. The summed E-state index contributed by atoms with van der Waals surface area (Å²) >= 11 is 1.35. The van der Waals surface area contributed by atoms with Gasteiger partial charge in [0.25, 0.3) is 0 Å². The Balaban J connectivity index is 1.64. The van der Waals surface area contributed by atoms with Gasteiger partial charge in [0.2, 0.25) is 10.2 Å². The van der Waals surface area contributed by atoms with Crippen molar-refractivity contribution in [1.29, 1.82) is 0 Å². The molecule has 0 saturated carbocycles. The molecule has 2 aliphatic heterocycles. The molecule has 8 heteroatoms. The Morgan fingerprint density at radius 2 is 2.00 bits per heavy atom. The maximum absolute atomic E-state index is 5.34. The minimum Gasteiger partial charge on any atom is -0.486 e. The van der Waals surface area contributed by atoms with E-state index in [2.05, 4.69) is 38.0 Å². The number of rotatable bonds is 6. The van der Waals surface area contributed by atoms with Gasteiger partial charge in [-0.05, 0) is 55.4 Å². The molecule has 27 heavy (non-hydrogen) atoms. The lowest BCUT2D eigenvalue weighted by atomic mass is 9.88.